The van der Waals surface area contributed by atoms with Gasteiger partial charge in [-0.15, -0.1) is 21.5 Å². The molecule has 0 radical (unpaired) electrons. The van der Waals surface area contributed by atoms with Gasteiger partial charge >= 0.3 is 0 Å². The molecule has 0 amide bonds. The van der Waals surface area contributed by atoms with Crippen LogP contribution in [0, 0.1) is 13.8 Å². The summed E-state index contributed by atoms with van der Waals surface area (Å²) in [6, 6.07) is 15.6. The summed E-state index contributed by atoms with van der Waals surface area (Å²) in [5.41, 5.74) is 3.07. The largest absolute Gasteiger partial charge is 0.352 e. The van der Waals surface area contributed by atoms with Gasteiger partial charge in [-0.1, -0.05) is 29.8 Å². The maximum Gasteiger partial charge on any atom is 0.252 e. The number of anilines is 1. The molecular formula is C20H22N4O2S2. The highest BCUT2D eigenvalue weighted by molar-refractivity contribution is 7.91. The summed E-state index contributed by atoms with van der Waals surface area (Å²) >= 11 is 1.32. The molecule has 3 aromatic rings. The fraction of sp³-hybridized carbons (Fsp3) is 0.300. The van der Waals surface area contributed by atoms with E-state index in [2.05, 4.69) is 34.2 Å². The third-order valence-electron chi connectivity index (χ3n) is 4.87. The molecule has 2 aromatic heterocycles. The topological polar surface area (TPSA) is 66.4 Å². The second kappa shape index (κ2) is 7.62. The highest BCUT2D eigenvalue weighted by Gasteiger charge is 2.30. The number of aromatic nitrogens is 2. The van der Waals surface area contributed by atoms with Gasteiger partial charge in [0.05, 0.1) is 5.69 Å². The number of thiophene rings is 1. The Hall–Kier alpha value is -2.29. The first-order valence-electron chi connectivity index (χ1n) is 9.16. The summed E-state index contributed by atoms with van der Waals surface area (Å²) in [5, 5.41) is 8.71. The highest BCUT2D eigenvalue weighted by atomic mass is 32.2. The number of hydrogen-bond donors (Lipinski definition) is 0. The predicted octanol–water partition coefficient (Wildman–Crippen LogP) is 3.33. The standard InChI is InChI=1S/C20H22N4O2S2/c1-15-3-6-17(7-4-15)18-8-9-19(22-21-18)23-11-13-24(14-12-23)28(25,26)20-10-5-16(2)27-20/h3-10H,11-14H2,1-2H3. The van der Waals surface area contributed by atoms with E-state index in [1.165, 1.54) is 16.9 Å². The van der Waals surface area contributed by atoms with Crippen LogP contribution in [-0.2, 0) is 10.0 Å². The van der Waals surface area contributed by atoms with Crippen LogP contribution in [0.25, 0.3) is 11.3 Å². The van der Waals surface area contributed by atoms with Gasteiger partial charge in [0.2, 0.25) is 0 Å². The maximum absolute atomic E-state index is 12.8. The van der Waals surface area contributed by atoms with Crippen molar-refractivity contribution in [3.63, 3.8) is 0 Å². The van der Waals surface area contributed by atoms with Gasteiger partial charge in [0.15, 0.2) is 5.82 Å². The summed E-state index contributed by atoms with van der Waals surface area (Å²) in [6.45, 7) is 6.06. The average Bonchev–Trinajstić information content (AvgIpc) is 3.16. The molecule has 1 aliphatic heterocycles. The Balaban J connectivity index is 1.43. The Morgan fingerprint density at radius 2 is 1.57 bits per heavy atom. The smallest absolute Gasteiger partial charge is 0.252 e. The molecule has 146 valence electrons. The molecule has 1 aromatic carbocycles. The molecule has 0 atom stereocenters. The van der Waals surface area contributed by atoms with Crippen LogP contribution in [0.15, 0.2) is 52.7 Å². The minimum atomic E-state index is -3.40. The van der Waals surface area contributed by atoms with E-state index >= 15 is 0 Å². The van der Waals surface area contributed by atoms with E-state index in [4.69, 9.17) is 0 Å². The number of aryl methyl sites for hydroxylation is 2. The van der Waals surface area contributed by atoms with E-state index in [-0.39, 0.29) is 0 Å². The third-order valence-corrected chi connectivity index (χ3v) is 8.24. The minimum absolute atomic E-state index is 0.417. The number of piperazine rings is 1. The van der Waals surface area contributed by atoms with Gasteiger partial charge in [-0.25, -0.2) is 8.42 Å². The zero-order chi connectivity index (χ0) is 19.7. The minimum Gasteiger partial charge on any atom is -0.352 e. The molecule has 0 aliphatic carbocycles. The van der Waals surface area contributed by atoms with Gasteiger partial charge in [0.25, 0.3) is 10.0 Å². The van der Waals surface area contributed by atoms with Crippen molar-refractivity contribution < 1.29 is 8.42 Å². The van der Waals surface area contributed by atoms with Crippen molar-refractivity contribution in [3.8, 4) is 11.3 Å². The summed E-state index contributed by atoms with van der Waals surface area (Å²) in [5.74, 6) is 0.778. The first kappa shape index (κ1) is 19.0. The SMILES string of the molecule is Cc1ccc(-c2ccc(N3CCN(S(=O)(=O)c4ccc(C)s4)CC3)nn2)cc1. The fourth-order valence-electron chi connectivity index (χ4n) is 3.21. The van der Waals surface area contributed by atoms with Crippen LogP contribution in [0.5, 0.6) is 0 Å². The molecule has 6 nitrogen and oxygen atoms in total. The van der Waals surface area contributed by atoms with Gasteiger partial charge < -0.3 is 4.90 Å². The Kier molecular flexibility index (Phi) is 5.18. The molecule has 1 aliphatic rings. The Morgan fingerprint density at radius 3 is 2.14 bits per heavy atom. The van der Waals surface area contributed by atoms with Crippen molar-refractivity contribution in [2.75, 3.05) is 31.1 Å². The molecule has 0 spiro atoms. The second-order valence-corrected chi connectivity index (χ2v) is 10.4. The molecule has 0 unspecified atom stereocenters. The van der Waals surface area contributed by atoms with Crippen LogP contribution in [0.3, 0.4) is 0 Å². The quantitative estimate of drug-likeness (QED) is 0.655. The van der Waals surface area contributed by atoms with E-state index in [0.29, 0.717) is 30.4 Å². The van der Waals surface area contributed by atoms with Crippen LogP contribution in [0.2, 0.25) is 0 Å². The van der Waals surface area contributed by atoms with Crippen LogP contribution < -0.4 is 4.90 Å². The van der Waals surface area contributed by atoms with Crippen molar-refractivity contribution in [1.29, 1.82) is 0 Å². The lowest BCUT2D eigenvalue weighted by Gasteiger charge is -2.34. The first-order chi connectivity index (χ1) is 13.4. The number of benzene rings is 1. The van der Waals surface area contributed by atoms with Crippen molar-refractivity contribution in [2.24, 2.45) is 0 Å². The van der Waals surface area contributed by atoms with Gasteiger partial charge in [-0.05, 0) is 38.1 Å². The molecule has 0 saturated carbocycles. The number of rotatable bonds is 4. The second-order valence-electron chi connectivity index (χ2n) is 6.90. The maximum atomic E-state index is 12.8. The highest BCUT2D eigenvalue weighted by Crippen LogP contribution is 2.26. The first-order valence-corrected chi connectivity index (χ1v) is 11.4. The lowest BCUT2D eigenvalue weighted by atomic mass is 10.1. The van der Waals surface area contributed by atoms with E-state index in [9.17, 15) is 8.42 Å². The van der Waals surface area contributed by atoms with Gasteiger partial charge in [-0.3, -0.25) is 0 Å². The number of nitrogens with zero attached hydrogens (tertiary/aromatic N) is 4. The lowest BCUT2D eigenvalue weighted by molar-refractivity contribution is 0.384. The Morgan fingerprint density at radius 1 is 0.857 bits per heavy atom. The summed E-state index contributed by atoms with van der Waals surface area (Å²) in [6.07, 6.45) is 0. The normalized spacial score (nSPS) is 15.7. The molecule has 3 heterocycles. The van der Waals surface area contributed by atoms with Gasteiger partial charge in [-0.2, -0.15) is 4.31 Å². The van der Waals surface area contributed by atoms with E-state index < -0.39 is 10.0 Å². The zero-order valence-corrected chi connectivity index (χ0v) is 17.5. The molecule has 1 saturated heterocycles. The molecule has 4 rings (SSSR count). The van der Waals surface area contributed by atoms with Crippen LogP contribution in [-0.4, -0.2) is 49.1 Å². The van der Waals surface area contributed by atoms with Crippen molar-refractivity contribution >= 4 is 27.2 Å². The van der Waals surface area contributed by atoms with E-state index in [0.717, 1.165) is 22.0 Å². The summed E-state index contributed by atoms with van der Waals surface area (Å²) < 4.78 is 27.5. The average molecular weight is 415 g/mol. The molecule has 1 fully saturated rings. The zero-order valence-electron chi connectivity index (χ0n) is 15.9. The Labute approximate surface area is 169 Å². The lowest BCUT2D eigenvalue weighted by Crippen LogP contribution is -2.48. The van der Waals surface area contributed by atoms with Gasteiger partial charge in [0.1, 0.15) is 4.21 Å². The van der Waals surface area contributed by atoms with Crippen LogP contribution in [0.1, 0.15) is 10.4 Å². The molecule has 8 heteroatoms. The Bertz CT molecular complexity index is 1050. The fourth-order valence-corrected chi connectivity index (χ4v) is 6.07. The van der Waals surface area contributed by atoms with Crippen LogP contribution in [0.4, 0.5) is 5.82 Å². The molecular weight excluding hydrogens is 392 g/mol. The summed E-state index contributed by atoms with van der Waals surface area (Å²) in [7, 11) is -3.40. The monoisotopic (exact) mass is 414 g/mol. The molecule has 0 bridgehead atoms. The predicted molar refractivity (Wildman–Crippen MR) is 112 cm³/mol. The van der Waals surface area contributed by atoms with Crippen molar-refractivity contribution in [2.45, 2.75) is 18.1 Å². The van der Waals surface area contributed by atoms with Crippen molar-refractivity contribution in [1.82, 2.24) is 14.5 Å². The molecule has 28 heavy (non-hydrogen) atoms. The van der Waals surface area contributed by atoms with Crippen molar-refractivity contribution in [3.05, 3.63) is 59.0 Å². The van der Waals surface area contributed by atoms with Crippen LogP contribution >= 0.6 is 11.3 Å². The van der Waals surface area contributed by atoms with E-state index in [1.54, 1.807) is 10.4 Å². The van der Waals surface area contributed by atoms with E-state index in [1.807, 2.05) is 37.3 Å². The number of hydrogen-bond acceptors (Lipinski definition) is 6. The molecule has 0 N–H and O–H groups in total. The summed E-state index contributed by atoms with van der Waals surface area (Å²) in [4.78, 5) is 3.08. The van der Waals surface area contributed by atoms with Gasteiger partial charge in [0, 0.05) is 36.6 Å². The third kappa shape index (κ3) is 3.80. The number of sulfonamides is 1.